The quantitative estimate of drug-likeness (QED) is 0.767. The predicted molar refractivity (Wildman–Crippen MR) is 66.9 cm³/mol. The smallest absolute Gasteiger partial charge is 0.133 e. The Bertz CT molecular complexity index is 587. The lowest BCUT2D eigenvalue weighted by Crippen LogP contribution is -1.98. The molecule has 0 saturated heterocycles. The summed E-state index contributed by atoms with van der Waals surface area (Å²) in [5.41, 5.74) is 4.27. The van der Waals surface area contributed by atoms with Gasteiger partial charge in [-0.15, -0.1) is 0 Å². The highest BCUT2D eigenvalue weighted by molar-refractivity contribution is 7.71. The summed E-state index contributed by atoms with van der Waals surface area (Å²) in [7, 11) is 0. The molecule has 0 amide bonds. The average Bonchev–Trinajstić information content (AvgIpc) is 2.24. The summed E-state index contributed by atoms with van der Waals surface area (Å²) in [6.07, 6.45) is 3.64. The highest BCUT2D eigenvalue weighted by Crippen LogP contribution is 2.23. The maximum absolute atomic E-state index is 5.22. The van der Waals surface area contributed by atoms with E-state index in [1.807, 2.05) is 26.1 Å². The fraction of sp³-hybridized carbons (Fsp3) is 0.250. The zero-order valence-electron chi connectivity index (χ0n) is 9.53. The van der Waals surface area contributed by atoms with Crippen LogP contribution in [0.25, 0.3) is 11.3 Å². The van der Waals surface area contributed by atoms with E-state index in [9.17, 15) is 0 Å². The Morgan fingerprint density at radius 3 is 2.69 bits per heavy atom. The van der Waals surface area contributed by atoms with E-state index >= 15 is 0 Å². The van der Waals surface area contributed by atoms with Crippen LogP contribution in [0.1, 0.15) is 17.0 Å². The van der Waals surface area contributed by atoms with Gasteiger partial charge in [0.2, 0.25) is 0 Å². The number of nitrogens with one attached hydrogen (secondary N) is 1. The maximum Gasteiger partial charge on any atom is 0.133 e. The molecule has 0 aliphatic carbocycles. The fourth-order valence-electron chi connectivity index (χ4n) is 1.64. The summed E-state index contributed by atoms with van der Waals surface area (Å²) in [5, 5.41) is 0. The molecular weight excluding hydrogens is 218 g/mol. The van der Waals surface area contributed by atoms with E-state index in [1.54, 1.807) is 6.20 Å². The number of rotatable bonds is 1. The van der Waals surface area contributed by atoms with Gasteiger partial charge >= 0.3 is 0 Å². The Morgan fingerprint density at radius 2 is 2.00 bits per heavy atom. The molecule has 0 fully saturated rings. The summed E-state index contributed by atoms with van der Waals surface area (Å²) in [4.78, 5) is 11.6. The van der Waals surface area contributed by atoms with Crippen LogP contribution >= 0.6 is 12.2 Å². The van der Waals surface area contributed by atoms with Crippen LogP contribution < -0.4 is 0 Å². The molecular formula is C12H13N3S. The minimum absolute atomic E-state index is 0.648. The normalized spacial score (nSPS) is 10.4. The van der Waals surface area contributed by atoms with Gasteiger partial charge in [0.05, 0.1) is 5.69 Å². The lowest BCUT2D eigenvalue weighted by atomic mass is 10.1. The van der Waals surface area contributed by atoms with E-state index in [-0.39, 0.29) is 0 Å². The molecule has 0 aliphatic heterocycles. The third-order valence-corrected chi connectivity index (χ3v) is 2.98. The molecule has 2 aromatic rings. The van der Waals surface area contributed by atoms with Crippen molar-refractivity contribution in [2.75, 3.05) is 0 Å². The second kappa shape index (κ2) is 4.14. The van der Waals surface area contributed by atoms with E-state index in [4.69, 9.17) is 12.2 Å². The highest BCUT2D eigenvalue weighted by atomic mass is 32.1. The van der Waals surface area contributed by atoms with Gasteiger partial charge in [0.25, 0.3) is 0 Å². The largest absolute Gasteiger partial charge is 0.343 e. The summed E-state index contributed by atoms with van der Waals surface area (Å²) in [5.74, 6) is 0.828. The minimum Gasteiger partial charge on any atom is -0.343 e. The minimum atomic E-state index is 0.648. The monoisotopic (exact) mass is 231 g/mol. The van der Waals surface area contributed by atoms with Gasteiger partial charge in [0, 0.05) is 23.5 Å². The molecule has 0 aliphatic rings. The molecule has 16 heavy (non-hydrogen) atoms. The zero-order chi connectivity index (χ0) is 11.7. The standard InChI is InChI=1S/C12H13N3S/c1-7-4-5-13-6-10(7)11-8(2)12(16)15-9(3)14-11/h4-6H,1-3H3,(H,14,15,16). The lowest BCUT2D eigenvalue weighted by Gasteiger charge is -2.09. The SMILES string of the molecule is Cc1nc(=S)c(C)c(-c2cnccc2C)[nH]1. The summed E-state index contributed by atoms with van der Waals surface area (Å²) < 4.78 is 0.648. The molecule has 2 heterocycles. The van der Waals surface area contributed by atoms with Crippen molar-refractivity contribution in [1.29, 1.82) is 0 Å². The first kappa shape index (κ1) is 11.0. The van der Waals surface area contributed by atoms with Crippen molar-refractivity contribution in [3.8, 4) is 11.3 Å². The number of nitrogens with zero attached hydrogens (tertiary/aromatic N) is 2. The van der Waals surface area contributed by atoms with Gasteiger partial charge in [0.15, 0.2) is 0 Å². The first-order valence-electron chi connectivity index (χ1n) is 5.08. The molecule has 0 saturated carbocycles. The number of pyridine rings is 1. The molecule has 2 rings (SSSR count). The molecule has 82 valence electrons. The molecule has 0 bridgehead atoms. The molecule has 3 nitrogen and oxygen atoms in total. The second-order valence-corrected chi connectivity index (χ2v) is 4.20. The van der Waals surface area contributed by atoms with E-state index < -0.39 is 0 Å². The second-order valence-electron chi connectivity index (χ2n) is 3.82. The third kappa shape index (κ3) is 1.88. The van der Waals surface area contributed by atoms with Crippen LogP contribution in [0.4, 0.5) is 0 Å². The molecule has 0 unspecified atom stereocenters. The molecule has 0 spiro atoms. The number of aromatic amines is 1. The van der Waals surface area contributed by atoms with Crippen molar-refractivity contribution in [1.82, 2.24) is 15.0 Å². The number of aryl methyl sites for hydroxylation is 2. The van der Waals surface area contributed by atoms with Crippen molar-refractivity contribution >= 4 is 12.2 Å². The molecule has 1 N–H and O–H groups in total. The Kier molecular flexibility index (Phi) is 2.83. The third-order valence-electron chi connectivity index (χ3n) is 2.58. The number of hydrogen-bond donors (Lipinski definition) is 1. The molecule has 0 aromatic carbocycles. The first-order chi connectivity index (χ1) is 7.59. The molecule has 2 aromatic heterocycles. The summed E-state index contributed by atoms with van der Waals surface area (Å²) >= 11 is 5.22. The van der Waals surface area contributed by atoms with Crippen molar-refractivity contribution in [3.05, 3.63) is 40.1 Å². The number of aromatic nitrogens is 3. The number of hydrogen-bond acceptors (Lipinski definition) is 3. The van der Waals surface area contributed by atoms with Crippen LogP contribution in [0.15, 0.2) is 18.5 Å². The van der Waals surface area contributed by atoms with Crippen LogP contribution in [-0.4, -0.2) is 15.0 Å². The topological polar surface area (TPSA) is 41.6 Å². The Labute approximate surface area is 99.6 Å². The van der Waals surface area contributed by atoms with Gasteiger partial charge in [-0.1, -0.05) is 12.2 Å². The van der Waals surface area contributed by atoms with Gasteiger partial charge in [0.1, 0.15) is 10.5 Å². The van der Waals surface area contributed by atoms with Crippen molar-refractivity contribution in [2.45, 2.75) is 20.8 Å². The lowest BCUT2D eigenvalue weighted by molar-refractivity contribution is 1.02. The molecule has 4 heteroatoms. The van der Waals surface area contributed by atoms with Gasteiger partial charge in [-0.3, -0.25) is 4.98 Å². The Balaban J connectivity index is 2.74. The van der Waals surface area contributed by atoms with Gasteiger partial charge in [-0.05, 0) is 32.4 Å². The van der Waals surface area contributed by atoms with Crippen LogP contribution in [-0.2, 0) is 0 Å². The zero-order valence-corrected chi connectivity index (χ0v) is 10.4. The maximum atomic E-state index is 5.22. The van der Waals surface area contributed by atoms with Crippen LogP contribution in [0, 0.1) is 25.4 Å². The van der Waals surface area contributed by atoms with Gasteiger partial charge in [-0.25, -0.2) is 4.98 Å². The van der Waals surface area contributed by atoms with Crippen LogP contribution in [0.2, 0.25) is 0 Å². The fourth-order valence-corrected chi connectivity index (χ4v) is 1.88. The van der Waals surface area contributed by atoms with Crippen molar-refractivity contribution < 1.29 is 0 Å². The number of H-pyrrole nitrogens is 1. The van der Waals surface area contributed by atoms with Gasteiger partial charge < -0.3 is 4.98 Å². The van der Waals surface area contributed by atoms with E-state index in [0.29, 0.717) is 4.64 Å². The summed E-state index contributed by atoms with van der Waals surface area (Å²) in [6, 6.07) is 1.99. The Morgan fingerprint density at radius 1 is 1.25 bits per heavy atom. The average molecular weight is 231 g/mol. The van der Waals surface area contributed by atoms with E-state index in [2.05, 4.69) is 21.9 Å². The van der Waals surface area contributed by atoms with Crippen LogP contribution in [0.3, 0.4) is 0 Å². The van der Waals surface area contributed by atoms with Crippen molar-refractivity contribution in [2.24, 2.45) is 0 Å². The van der Waals surface area contributed by atoms with E-state index in [0.717, 1.165) is 22.6 Å². The Hall–Kier alpha value is -1.55. The molecule has 0 radical (unpaired) electrons. The van der Waals surface area contributed by atoms with Crippen molar-refractivity contribution in [3.63, 3.8) is 0 Å². The van der Waals surface area contributed by atoms with E-state index in [1.165, 1.54) is 5.56 Å². The van der Waals surface area contributed by atoms with Crippen LogP contribution in [0.5, 0.6) is 0 Å². The summed E-state index contributed by atoms with van der Waals surface area (Å²) in [6.45, 7) is 5.95. The molecule has 0 atom stereocenters. The highest BCUT2D eigenvalue weighted by Gasteiger charge is 2.07. The predicted octanol–water partition coefficient (Wildman–Crippen LogP) is 3.13. The van der Waals surface area contributed by atoms with Gasteiger partial charge in [-0.2, -0.15) is 0 Å². The first-order valence-corrected chi connectivity index (χ1v) is 5.49.